The molecule has 7 nitrogen and oxygen atoms in total. The van der Waals surface area contributed by atoms with Gasteiger partial charge in [0.05, 0.1) is 31.0 Å². The lowest BCUT2D eigenvalue weighted by molar-refractivity contribution is -0.121. The molecule has 4 rings (SSSR count). The molecule has 7 heteroatoms. The van der Waals surface area contributed by atoms with E-state index >= 15 is 0 Å². The van der Waals surface area contributed by atoms with Gasteiger partial charge < -0.3 is 20.1 Å². The molecule has 0 radical (unpaired) electrons. The van der Waals surface area contributed by atoms with Crippen LogP contribution in [0.2, 0.25) is 0 Å². The summed E-state index contributed by atoms with van der Waals surface area (Å²) in [6.07, 6.45) is 4.67. The number of hydrogen-bond donors (Lipinski definition) is 2. The van der Waals surface area contributed by atoms with Crippen molar-refractivity contribution in [3.05, 3.63) is 54.1 Å². The van der Waals surface area contributed by atoms with Crippen LogP contribution in [0, 0.1) is 0 Å². The van der Waals surface area contributed by atoms with E-state index in [1.807, 2.05) is 42.5 Å². The Hall–Kier alpha value is -3.61. The van der Waals surface area contributed by atoms with Crippen LogP contribution in [0.15, 0.2) is 48.5 Å². The van der Waals surface area contributed by atoms with Crippen molar-refractivity contribution in [1.29, 1.82) is 0 Å². The van der Waals surface area contributed by atoms with Crippen molar-refractivity contribution in [3.8, 4) is 22.8 Å². The number of para-hydroxylation sites is 1. The second-order valence-electron chi connectivity index (χ2n) is 8.20. The highest BCUT2D eigenvalue weighted by atomic mass is 16.5. The summed E-state index contributed by atoms with van der Waals surface area (Å²) in [5.74, 6) is 0.955. The number of fused-ring (bicyclic) bond motifs is 1. The van der Waals surface area contributed by atoms with E-state index in [0.717, 1.165) is 23.8 Å². The van der Waals surface area contributed by atoms with Crippen LogP contribution in [0.5, 0.6) is 11.5 Å². The fourth-order valence-corrected chi connectivity index (χ4v) is 4.26. The highest BCUT2D eigenvalue weighted by Gasteiger charge is 2.18. The van der Waals surface area contributed by atoms with Crippen LogP contribution in [-0.4, -0.2) is 43.6 Å². The van der Waals surface area contributed by atoms with Gasteiger partial charge in [0.15, 0.2) is 11.5 Å². The highest BCUT2D eigenvalue weighted by molar-refractivity contribution is 6.07. The van der Waals surface area contributed by atoms with Gasteiger partial charge in [0, 0.05) is 30.0 Å². The maximum absolute atomic E-state index is 13.1. The van der Waals surface area contributed by atoms with Crippen LogP contribution in [0.25, 0.3) is 22.2 Å². The van der Waals surface area contributed by atoms with Crippen LogP contribution in [0.1, 0.15) is 42.5 Å². The Bertz CT molecular complexity index is 1160. The molecule has 0 bridgehead atoms. The topological polar surface area (TPSA) is 89.5 Å². The Labute approximate surface area is 193 Å². The molecule has 2 N–H and O–H groups in total. The fourth-order valence-electron chi connectivity index (χ4n) is 4.26. The van der Waals surface area contributed by atoms with Gasteiger partial charge in [-0.2, -0.15) is 0 Å². The molecule has 1 heterocycles. The van der Waals surface area contributed by atoms with Gasteiger partial charge in [0.25, 0.3) is 5.91 Å². The second-order valence-corrected chi connectivity index (χ2v) is 8.20. The number of nitrogens with one attached hydrogen (secondary N) is 2. The minimum Gasteiger partial charge on any atom is -0.493 e. The fraction of sp³-hybridized carbons (Fsp3) is 0.346. The van der Waals surface area contributed by atoms with Crippen LogP contribution in [-0.2, 0) is 4.79 Å². The van der Waals surface area contributed by atoms with E-state index in [4.69, 9.17) is 14.5 Å². The number of ether oxygens (including phenoxy) is 2. The number of amides is 2. The number of pyridine rings is 1. The molecule has 0 spiro atoms. The summed E-state index contributed by atoms with van der Waals surface area (Å²) in [6, 6.07) is 15.1. The molecule has 33 heavy (non-hydrogen) atoms. The van der Waals surface area contributed by atoms with Crippen molar-refractivity contribution >= 4 is 22.7 Å². The van der Waals surface area contributed by atoms with Gasteiger partial charge >= 0.3 is 0 Å². The van der Waals surface area contributed by atoms with Gasteiger partial charge in [-0.1, -0.05) is 31.0 Å². The zero-order valence-electron chi connectivity index (χ0n) is 19.0. The van der Waals surface area contributed by atoms with Crippen molar-refractivity contribution in [2.24, 2.45) is 0 Å². The maximum Gasteiger partial charge on any atom is 0.252 e. The summed E-state index contributed by atoms with van der Waals surface area (Å²) >= 11 is 0. The lowest BCUT2D eigenvalue weighted by atomic mass is 10.0. The molecule has 3 aromatic rings. The first kappa shape index (κ1) is 22.6. The van der Waals surface area contributed by atoms with E-state index in [1.165, 1.54) is 12.8 Å². The van der Waals surface area contributed by atoms with Crippen LogP contribution in [0.4, 0.5) is 0 Å². The number of methoxy groups -OCH3 is 2. The zero-order chi connectivity index (χ0) is 23.2. The molecule has 0 unspecified atom stereocenters. The monoisotopic (exact) mass is 447 g/mol. The summed E-state index contributed by atoms with van der Waals surface area (Å²) < 4.78 is 10.7. The quantitative estimate of drug-likeness (QED) is 0.543. The van der Waals surface area contributed by atoms with Crippen molar-refractivity contribution in [2.45, 2.75) is 38.1 Å². The van der Waals surface area contributed by atoms with Crippen LogP contribution in [0.3, 0.4) is 0 Å². The van der Waals surface area contributed by atoms with Gasteiger partial charge in [0.1, 0.15) is 0 Å². The second kappa shape index (κ2) is 10.3. The molecule has 1 fully saturated rings. The molecule has 1 saturated carbocycles. The van der Waals surface area contributed by atoms with E-state index in [1.54, 1.807) is 20.3 Å². The number of carbonyl (C=O) groups is 2. The molecule has 1 aliphatic carbocycles. The number of hydrogen-bond acceptors (Lipinski definition) is 5. The first-order valence-corrected chi connectivity index (χ1v) is 11.3. The number of carbonyl (C=O) groups excluding carboxylic acids is 2. The molecular formula is C26H29N3O4. The average molecular weight is 448 g/mol. The molecule has 172 valence electrons. The highest BCUT2D eigenvalue weighted by Crippen LogP contribution is 2.33. The maximum atomic E-state index is 13.1. The minimum atomic E-state index is -0.232. The molecule has 2 amide bonds. The van der Waals surface area contributed by atoms with E-state index < -0.39 is 0 Å². The number of nitrogens with zero attached hydrogens (tertiary/aromatic N) is 1. The zero-order valence-corrected chi connectivity index (χ0v) is 19.0. The third-order valence-electron chi connectivity index (χ3n) is 6.00. The Morgan fingerprint density at radius 1 is 1.00 bits per heavy atom. The van der Waals surface area contributed by atoms with E-state index in [0.29, 0.717) is 28.3 Å². The van der Waals surface area contributed by atoms with Crippen molar-refractivity contribution < 1.29 is 19.1 Å². The lowest BCUT2D eigenvalue weighted by Gasteiger charge is -2.13. The van der Waals surface area contributed by atoms with E-state index in [9.17, 15) is 9.59 Å². The summed E-state index contributed by atoms with van der Waals surface area (Å²) in [5, 5.41) is 6.70. The van der Waals surface area contributed by atoms with E-state index in [-0.39, 0.29) is 30.8 Å². The summed E-state index contributed by atoms with van der Waals surface area (Å²) in [7, 11) is 3.17. The Balaban J connectivity index is 1.54. The van der Waals surface area contributed by atoms with Gasteiger partial charge in [0.2, 0.25) is 5.91 Å². The lowest BCUT2D eigenvalue weighted by Crippen LogP contribution is -2.35. The summed E-state index contributed by atoms with van der Waals surface area (Å²) in [4.78, 5) is 30.0. The van der Waals surface area contributed by atoms with Gasteiger partial charge in [-0.25, -0.2) is 4.98 Å². The van der Waals surface area contributed by atoms with Gasteiger partial charge in [-0.05, 0) is 43.2 Å². The number of rotatable bonds is 8. The third kappa shape index (κ3) is 5.25. The SMILES string of the molecule is COc1ccc(-c2cc(C(=O)NCCC(=O)NC3CCCC3)c3ccccc3n2)cc1OC. The molecule has 0 aliphatic heterocycles. The number of benzene rings is 2. The predicted molar refractivity (Wildman–Crippen MR) is 128 cm³/mol. The van der Waals surface area contributed by atoms with Gasteiger partial charge in [-0.3, -0.25) is 9.59 Å². The summed E-state index contributed by atoms with van der Waals surface area (Å²) in [5.41, 5.74) is 2.69. The Morgan fingerprint density at radius 2 is 1.76 bits per heavy atom. The third-order valence-corrected chi connectivity index (χ3v) is 6.00. The Kier molecular flexibility index (Phi) is 7.07. The molecule has 0 saturated heterocycles. The standard InChI is InChI=1S/C26H29N3O4/c1-32-23-12-11-17(15-24(23)33-2)22-16-20(19-9-5-6-10-21(19)29-22)26(31)27-14-13-25(30)28-18-7-3-4-8-18/h5-6,9-12,15-16,18H,3-4,7-8,13-14H2,1-2H3,(H,27,31)(H,28,30). The van der Waals surface area contributed by atoms with Crippen LogP contribution >= 0.6 is 0 Å². The molecular weight excluding hydrogens is 418 g/mol. The molecule has 0 atom stereocenters. The van der Waals surface area contributed by atoms with Crippen molar-refractivity contribution in [3.63, 3.8) is 0 Å². The molecule has 1 aliphatic rings. The average Bonchev–Trinajstić information content (AvgIpc) is 3.35. The first-order valence-electron chi connectivity index (χ1n) is 11.3. The van der Waals surface area contributed by atoms with Crippen LogP contribution < -0.4 is 20.1 Å². The molecule has 1 aromatic heterocycles. The Morgan fingerprint density at radius 3 is 2.52 bits per heavy atom. The van der Waals surface area contributed by atoms with Crippen molar-refractivity contribution in [1.82, 2.24) is 15.6 Å². The first-order chi connectivity index (χ1) is 16.1. The smallest absolute Gasteiger partial charge is 0.252 e. The summed E-state index contributed by atoms with van der Waals surface area (Å²) in [6.45, 7) is 0.278. The molecule has 2 aromatic carbocycles. The van der Waals surface area contributed by atoms with Gasteiger partial charge in [-0.15, -0.1) is 0 Å². The van der Waals surface area contributed by atoms with Crippen molar-refractivity contribution in [2.75, 3.05) is 20.8 Å². The normalized spacial score (nSPS) is 13.6. The number of aromatic nitrogens is 1. The minimum absolute atomic E-state index is 0.0206. The predicted octanol–water partition coefficient (Wildman–Crippen LogP) is 4.10. The largest absolute Gasteiger partial charge is 0.493 e. The van der Waals surface area contributed by atoms with E-state index in [2.05, 4.69) is 10.6 Å².